The van der Waals surface area contributed by atoms with Crippen molar-refractivity contribution in [1.82, 2.24) is 9.62 Å². The number of nitrogens with zero attached hydrogens (tertiary/aromatic N) is 1. The van der Waals surface area contributed by atoms with Gasteiger partial charge in [-0.2, -0.15) is 0 Å². The third-order valence-electron chi connectivity index (χ3n) is 6.17. The zero-order valence-corrected chi connectivity index (χ0v) is 18.6. The molecule has 2 aliphatic heterocycles. The highest BCUT2D eigenvalue weighted by Gasteiger charge is 2.28. The van der Waals surface area contributed by atoms with E-state index < -0.39 is 26.6 Å². The lowest BCUT2D eigenvalue weighted by Crippen LogP contribution is -2.45. The summed E-state index contributed by atoms with van der Waals surface area (Å²) < 4.78 is 71.7. The molecule has 1 unspecified atom stereocenters. The van der Waals surface area contributed by atoms with Gasteiger partial charge in [-0.25, -0.2) is 21.9 Å². The molecule has 0 saturated carbocycles. The van der Waals surface area contributed by atoms with Crippen molar-refractivity contribution in [3.63, 3.8) is 0 Å². The van der Waals surface area contributed by atoms with Gasteiger partial charge in [0.15, 0.2) is 11.5 Å². The minimum Gasteiger partial charge on any atom is -0.486 e. The maximum Gasteiger partial charge on any atom is 0.243 e. The first-order valence-corrected chi connectivity index (χ1v) is 12.3. The summed E-state index contributed by atoms with van der Waals surface area (Å²) in [5, 5.41) is 0.890. The van der Waals surface area contributed by atoms with E-state index in [1.54, 1.807) is 6.26 Å². The molecule has 0 bridgehead atoms. The van der Waals surface area contributed by atoms with Gasteiger partial charge in [0.25, 0.3) is 0 Å². The molecule has 1 N–H and O–H groups in total. The Hall–Kier alpha value is -2.69. The van der Waals surface area contributed by atoms with E-state index in [-0.39, 0.29) is 18.6 Å². The molecule has 1 aromatic heterocycles. The molecular formula is C23H24F2N2O5S. The maximum atomic E-state index is 13.9. The Balaban J connectivity index is 1.12. The number of nitrogens with one attached hydrogen (secondary N) is 1. The van der Waals surface area contributed by atoms with Crippen LogP contribution in [0.2, 0.25) is 0 Å². The molecule has 0 aliphatic carbocycles. The average Bonchev–Trinajstić information content (AvgIpc) is 3.28. The van der Waals surface area contributed by atoms with Crippen LogP contribution in [0.25, 0.3) is 11.0 Å². The summed E-state index contributed by atoms with van der Waals surface area (Å²) in [5.74, 6) is -0.363. The monoisotopic (exact) mass is 478 g/mol. The number of sulfonamides is 1. The zero-order chi connectivity index (χ0) is 23.0. The van der Waals surface area contributed by atoms with E-state index in [4.69, 9.17) is 13.9 Å². The normalized spacial score (nSPS) is 19.8. The lowest BCUT2D eigenvalue weighted by atomic mass is 9.97. The van der Waals surface area contributed by atoms with E-state index in [2.05, 4.69) is 9.62 Å². The van der Waals surface area contributed by atoms with E-state index in [0.717, 1.165) is 49.0 Å². The quantitative estimate of drug-likeness (QED) is 0.584. The molecule has 176 valence electrons. The number of halogens is 2. The molecule has 3 aromatic rings. The van der Waals surface area contributed by atoms with Gasteiger partial charge in [0.2, 0.25) is 10.0 Å². The van der Waals surface area contributed by atoms with Crippen LogP contribution in [0, 0.1) is 17.6 Å². The van der Waals surface area contributed by atoms with Crippen LogP contribution in [0.1, 0.15) is 12.8 Å². The molecule has 1 atom stereocenters. The predicted molar refractivity (Wildman–Crippen MR) is 117 cm³/mol. The van der Waals surface area contributed by atoms with Crippen molar-refractivity contribution in [3.05, 3.63) is 54.3 Å². The van der Waals surface area contributed by atoms with Crippen LogP contribution < -0.4 is 14.2 Å². The van der Waals surface area contributed by atoms with Gasteiger partial charge < -0.3 is 13.9 Å². The number of furan rings is 1. The first-order chi connectivity index (χ1) is 15.9. The Kier molecular flexibility index (Phi) is 5.98. The zero-order valence-electron chi connectivity index (χ0n) is 17.8. The molecule has 2 aliphatic rings. The Labute approximate surface area is 190 Å². The molecule has 3 heterocycles. The van der Waals surface area contributed by atoms with Crippen LogP contribution in [-0.2, 0) is 10.0 Å². The van der Waals surface area contributed by atoms with Crippen LogP contribution in [0.3, 0.4) is 0 Å². The number of hydrogen-bond donors (Lipinski definition) is 1. The van der Waals surface area contributed by atoms with Gasteiger partial charge in [-0.05, 0) is 62.2 Å². The molecule has 33 heavy (non-hydrogen) atoms. The van der Waals surface area contributed by atoms with Crippen LogP contribution in [0.5, 0.6) is 11.5 Å². The van der Waals surface area contributed by atoms with Gasteiger partial charge in [-0.15, -0.1) is 0 Å². The Morgan fingerprint density at radius 3 is 2.70 bits per heavy atom. The number of rotatable bonds is 6. The van der Waals surface area contributed by atoms with Crippen molar-refractivity contribution in [2.45, 2.75) is 23.8 Å². The first kappa shape index (κ1) is 22.1. The fourth-order valence-electron chi connectivity index (χ4n) is 4.37. The highest BCUT2D eigenvalue weighted by Crippen LogP contribution is 2.39. The third-order valence-corrected chi connectivity index (χ3v) is 7.63. The summed E-state index contributed by atoms with van der Waals surface area (Å²) in [6, 6.07) is 8.02. The second-order valence-electron chi connectivity index (χ2n) is 8.45. The average molecular weight is 479 g/mol. The van der Waals surface area contributed by atoms with Crippen molar-refractivity contribution in [1.29, 1.82) is 0 Å². The molecule has 2 aromatic carbocycles. The van der Waals surface area contributed by atoms with Crippen molar-refractivity contribution in [2.75, 3.05) is 32.8 Å². The smallest absolute Gasteiger partial charge is 0.243 e. The standard InChI is InChI=1S/C23H24F2N2O5S/c24-16-1-4-22(19(25)11-16)33(28,29)26-12-15-5-8-27(9-6-15)13-17-14-31-21-3-2-20-18(7-10-30-20)23(21)32-17/h1-4,7,10-11,15,17,26H,5-6,8-9,12-14H2. The first-order valence-electron chi connectivity index (χ1n) is 10.9. The Bertz CT molecular complexity index is 1250. The molecule has 1 saturated heterocycles. The van der Waals surface area contributed by atoms with Crippen molar-refractivity contribution in [2.24, 2.45) is 5.92 Å². The van der Waals surface area contributed by atoms with E-state index in [0.29, 0.717) is 30.7 Å². The van der Waals surface area contributed by atoms with Gasteiger partial charge in [0, 0.05) is 19.2 Å². The Morgan fingerprint density at radius 2 is 1.91 bits per heavy atom. The number of benzene rings is 2. The third kappa shape index (κ3) is 4.68. The summed E-state index contributed by atoms with van der Waals surface area (Å²) >= 11 is 0. The summed E-state index contributed by atoms with van der Waals surface area (Å²) in [6.07, 6.45) is 3.10. The molecule has 1 fully saturated rings. The van der Waals surface area contributed by atoms with Gasteiger partial charge in [-0.3, -0.25) is 4.90 Å². The van der Waals surface area contributed by atoms with Gasteiger partial charge in [0.1, 0.15) is 34.8 Å². The summed E-state index contributed by atoms with van der Waals surface area (Å²) in [7, 11) is -4.03. The van der Waals surface area contributed by atoms with Crippen LogP contribution in [-0.4, -0.2) is 52.2 Å². The minimum atomic E-state index is -4.03. The molecule has 7 nitrogen and oxygen atoms in total. The summed E-state index contributed by atoms with van der Waals surface area (Å²) in [6.45, 7) is 2.95. The van der Waals surface area contributed by atoms with E-state index >= 15 is 0 Å². The predicted octanol–water partition coefficient (Wildman–Crippen LogP) is 3.54. The largest absolute Gasteiger partial charge is 0.486 e. The van der Waals surface area contributed by atoms with Crippen LogP contribution in [0.4, 0.5) is 8.78 Å². The van der Waals surface area contributed by atoms with E-state index in [1.165, 1.54) is 0 Å². The second kappa shape index (κ2) is 8.92. The molecule has 10 heteroatoms. The molecule has 0 amide bonds. The number of likely N-dealkylation sites (tertiary alicyclic amines) is 1. The number of piperidine rings is 1. The van der Waals surface area contributed by atoms with Gasteiger partial charge in [-0.1, -0.05) is 0 Å². The maximum absolute atomic E-state index is 13.9. The Morgan fingerprint density at radius 1 is 1.09 bits per heavy atom. The second-order valence-corrected chi connectivity index (χ2v) is 10.2. The van der Waals surface area contributed by atoms with E-state index in [9.17, 15) is 17.2 Å². The molecular weight excluding hydrogens is 454 g/mol. The fourth-order valence-corrected chi connectivity index (χ4v) is 5.54. The van der Waals surface area contributed by atoms with Crippen molar-refractivity contribution < 1.29 is 31.1 Å². The van der Waals surface area contributed by atoms with Gasteiger partial charge >= 0.3 is 0 Å². The molecule has 0 spiro atoms. The number of hydrogen-bond acceptors (Lipinski definition) is 6. The van der Waals surface area contributed by atoms with Crippen LogP contribution in [0.15, 0.2) is 52.0 Å². The lowest BCUT2D eigenvalue weighted by molar-refractivity contribution is 0.0495. The minimum absolute atomic E-state index is 0.116. The highest BCUT2D eigenvalue weighted by atomic mass is 32.2. The number of ether oxygens (including phenoxy) is 2. The summed E-state index contributed by atoms with van der Waals surface area (Å²) in [5.41, 5.74) is 0.752. The van der Waals surface area contributed by atoms with Gasteiger partial charge in [0.05, 0.1) is 11.6 Å². The van der Waals surface area contributed by atoms with Crippen molar-refractivity contribution >= 4 is 21.0 Å². The molecule has 0 radical (unpaired) electrons. The number of fused-ring (bicyclic) bond motifs is 3. The summed E-state index contributed by atoms with van der Waals surface area (Å²) in [4.78, 5) is 1.74. The SMILES string of the molecule is O=S(=O)(NCC1CCN(CC2COc3ccc4occc4c3O2)CC1)c1ccc(F)cc1F. The van der Waals surface area contributed by atoms with Crippen LogP contribution >= 0.6 is 0 Å². The molecule has 5 rings (SSSR count). The fraction of sp³-hybridized carbons (Fsp3) is 0.391. The van der Waals surface area contributed by atoms with E-state index in [1.807, 2.05) is 18.2 Å². The highest BCUT2D eigenvalue weighted by molar-refractivity contribution is 7.89. The topological polar surface area (TPSA) is 81.0 Å². The van der Waals surface area contributed by atoms with Crippen molar-refractivity contribution in [3.8, 4) is 11.5 Å². The lowest BCUT2D eigenvalue weighted by Gasteiger charge is -2.35.